The Balaban J connectivity index is 1.53. The number of hydrogen-bond donors (Lipinski definition) is 0. The first-order chi connectivity index (χ1) is 13.1. The van der Waals surface area contributed by atoms with Gasteiger partial charge in [-0.15, -0.1) is 10.2 Å². The Hall–Kier alpha value is -2.92. The van der Waals surface area contributed by atoms with Crippen LogP contribution in [0.15, 0.2) is 70.3 Å². The number of ketones is 1. The van der Waals surface area contributed by atoms with Crippen molar-refractivity contribution in [1.29, 1.82) is 0 Å². The van der Waals surface area contributed by atoms with Crippen LogP contribution in [0.3, 0.4) is 0 Å². The summed E-state index contributed by atoms with van der Waals surface area (Å²) in [5, 5.41) is 10.8. The number of rotatable bonds is 5. The van der Waals surface area contributed by atoms with E-state index >= 15 is 0 Å². The lowest BCUT2D eigenvalue weighted by atomic mass is 10.0. The predicted octanol–water partition coefficient (Wildman–Crippen LogP) is 5.48. The second kappa shape index (κ2) is 7.37. The molecule has 0 saturated heterocycles. The first kappa shape index (κ1) is 17.5. The van der Waals surface area contributed by atoms with Gasteiger partial charge in [-0.3, -0.25) is 4.79 Å². The van der Waals surface area contributed by atoms with E-state index < -0.39 is 0 Å². The quantitative estimate of drug-likeness (QED) is 0.342. The molecule has 1 heterocycles. The number of benzene rings is 3. The largest absolute Gasteiger partial charge is 0.411 e. The Morgan fingerprint density at radius 2 is 1.81 bits per heavy atom. The molecule has 4 nitrogen and oxygen atoms in total. The number of fused-ring (bicyclic) bond motifs is 1. The molecule has 0 aliphatic rings. The maximum Gasteiger partial charge on any atom is 0.277 e. The number of aromatic nitrogens is 2. The van der Waals surface area contributed by atoms with Crippen LogP contribution in [0.4, 0.5) is 0 Å². The minimum absolute atomic E-state index is 0.0612. The van der Waals surface area contributed by atoms with Crippen LogP contribution >= 0.6 is 11.8 Å². The summed E-state index contributed by atoms with van der Waals surface area (Å²) < 4.78 is 5.81. The Morgan fingerprint density at radius 1 is 1.00 bits per heavy atom. The minimum Gasteiger partial charge on any atom is -0.411 e. The van der Waals surface area contributed by atoms with Gasteiger partial charge in [-0.05, 0) is 42.3 Å². The van der Waals surface area contributed by atoms with Gasteiger partial charge in [0.1, 0.15) is 0 Å². The highest BCUT2D eigenvalue weighted by molar-refractivity contribution is 7.99. The maximum absolute atomic E-state index is 12.5. The molecule has 0 unspecified atom stereocenters. The zero-order chi connectivity index (χ0) is 18.8. The Bertz CT molecular complexity index is 1130. The van der Waals surface area contributed by atoms with Gasteiger partial charge in [-0.1, -0.05) is 65.9 Å². The molecule has 5 heteroatoms. The fraction of sp³-hybridized carbons (Fsp3) is 0.136. The molecule has 4 rings (SSSR count). The summed E-state index contributed by atoms with van der Waals surface area (Å²) in [4.78, 5) is 12.5. The highest BCUT2D eigenvalue weighted by Gasteiger charge is 2.15. The summed E-state index contributed by atoms with van der Waals surface area (Å²) in [5.41, 5.74) is 3.70. The van der Waals surface area contributed by atoms with Gasteiger partial charge in [-0.25, -0.2) is 0 Å². The number of nitrogens with zero attached hydrogens (tertiary/aromatic N) is 2. The van der Waals surface area contributed by atoms with Gasteiger partial charge >= 0.3 is 0 Å². The highest BCUT2D eigenvalue weighted by atomic mass is 32.2. The van der Waals surface area contributed by atoms with Crippen molar-refractivity contribution in [3.63, 3.8) is 0 Å². The molecular formula is C22H18N2O2S. The Kier molecular flexibility index (Phi) is 4.77. The zero-order valence-corrected chi connectivity index (χ0v) is 15.9. The van der Waals surface area contributed by atoms with Crippen molar-refractivity contribution in [2.45, 2.75) is 19.1 Å². The van der Waals surface area contributed by atoms with Crippen LogP contribution in [0.1, 0.15) is 21.5 Å². The molecule has 134 valence electrons. The van der Waals surface area contributed by atoms with Gasteiger partial charge in [0.15, 0.2) is 5.78 Å². The van der Waals surface area contributed by atoms with Crippen molar-refractivity contribution in [1.82, 2.24) is 10.2 Å². The number of hydrogen-bond acceptors (Lipinski definition) is 5. The molecule has 4 aromatic rings. The van der Waals surface area contributed by atoms with Crippen molar-refractivity contribution in [2.75, 3.05) is 5.75 Å². The molecule has 27 heavy (non-hydrogen) atoms. The van der Waals surface area contributed by atoms with Crippen molar-refractivity contribution in [3.05, 3.63) is 77.4 Å². The molecule has 0 saturated carbocycles. The molecule has 0 amide bonds. The van der Waals surface area contributed by atoms with E-state index in [1.807, 2.05) is 74.5 Å². The Labute approximate surface area is 161 Å². The summed E-state index contributed by atoms with van der Waals surface area (Å²) in [5.74, 6) is 0.793. The van der Waals surface area contributed by atoms with Crippen LogP contribution in [-0.4, -0.2) is 21.7 Å². The highest BCUT2D eigenvalue weighted by Crippen LogP contribution is 2.29. The molecule has 0 N–H and O–H groups in total. The van der Waals surface area contributed by atoms with Gasteiger partial charge < -0.3 is 4.42 Å². The van der Waals surface area contributed by atoms with Crippen molar-refractivity contribution in [3.8, 4) is 11.5 Å². The van der Waals surface area contributed by atoms with Gasteiger partial charge in [0.25, 0.3) is 5.22 Å². The molecule has 1 aromatic heterocycles. The lowest BCUT2D eigenvalue weighted by Gasteiger charge is -2.05. The van der Waals surface area contributed by atoms with Crippen LogP contribution in [0.5, 0.6) is 0 Å². The van der Waals surface area contributed by atoms with E-state index in [1.165, 1.54) is 11.8 Å². The predicted molar refractivity (Wildman–Crippen MR) is 108 cm³/mol. The van der Waals surface area contributed by atoms with E-state index in [0.29, 0.717) is 11.1 Å². The molecule has 0 fully saturated rings. The van der Waals surface area contributed by atoms with E-state index in [9.17, 15) is 4.79 Å². The normalized spacial score (nSPS) is 11.0. The monoisotopic (exact) mass is 374 g/mol. The van der Waals surface area contributed by atoms with Gasteiger partial charge in [0.2, 0.25) is 5.89 Å². The van der Waals surface area contributed by atoms with Crippen LogP contribution in [0.25, 0.3) is 22.2 Å². The Morgan fingerprint density at radius 3 is 2.70 bits per heavy atom. The van der Waals surface area contributed by atoms with E-state index in [2.05, 4.69) is 10.2 Å². The number of thioether (sulfide) groups is 1. The molecular weight excluding hydrogens is 356 g/mol. The smallest absolute Gasteiger partial charge is 0.277 e. The second-order valence-corrected chi connectivity index (χ2v) is 7.36. The van der Waals surface area contributed by atoms with Crippen LogP contribution in [0, 0.1) is 13.8 Å². The third kappa shape index (κ3) is 3.64. The first-order valence-corrected chi connectivity index (χ1v) is 9.65. The molecule has 0 aliphatic heterocycles. The summed E-state index contributed by atoms with van der Waals surface area (Å²) in [6.07, 6.45) is 0. The third-order valence-electron chi connectivity index (χ3n) is 4.45. The van der Waals surface area contributed by atoms with E-state index in [-0.39, 0.29) is 11.5 Å². The zero-order valence-electron chi connectivity index (χ0n) is 15.1. The van der Waals surface area contributed by atoms with E-state index in [4.69, 9.17) is 4.42 Å². The fourth-order valence-corrected chi connectivity index (χ4v) is 3.68. The van der Waals surface area contributed by atoms with Crippen molar-refractivity contribution >= 4 is 28.3 Å². The number of aryl methyl sites for hydroxylation is 2. The van der Waals surface area contributed by atoms with E-state index in [1.54, 1.807) is 0 Å². The second-order valence-electron chi connectivity index (χ2n) is 6.43. The van der Waals surface area contributed by atoms with Gasteiger partial charge in [0, 0.05) is 11.1 Å². The number of carbonyl (C=O) groups is 1. The van der Waals surface area contributed by atoms with Crippen LogP contribution in [0.2, 0.25) is 0 Å². The number of Topliss-reactive ketones (excluding diaryl/α,β-unsaturated/α-hetero) is 1. The first-order valence-electron chi connectivity index (χ1n) is 8.67. The van der Waals surface area contributed by atoms with E-state index in [0.717, 1.165) is 33.0 Å². The van der Waals surface area contributed by atoms with Crippen LogP contribution < -0.4 is 0 Å². The van der Waals surface area contributed by atoms with Gasteiger partial charge in [0.05, 0.1) is 5.75 Å². The summed E-state index contributed by atoms with van der Waals surface area (Å²) in [6, 6.07) is 20.0. The average molecular weight is 374 g/mol. The topological polar surface area (TPSA) is 56.0 Å². The molecule has 0 aliphatic carbocycles. The third-order valence-corrected chi connectivity index (χ3v) is 5.27. The molecule has 0 spiro atoms. The van der Waals surface area contributed by atoms with Crippen LogP contribution in [-0.2, 0) is 0 Å². The summed E-state index contributed by atoms with van der Waals surface area (Å²) >= 11 is 1.27. The van der Waals surface area contributed by atoms with Crippen molar-refractivity contribution in [2.24, 2.45) is 0 Å². The fourth-order valence-electron chi connectivity index (χ4n) is 3.03. The summed E-state index contributed by atoms with van der Waals surface area (Å²) in [7, 11) is 0. The number of carbonyl (C=O) groups excluding carboxylic acids is 1. The van der Waals surface area contributed by atoms with Gasteiger partial charge in [-0.2, -0.15) is 0 Å². The molecule has 0 bridgehead atoms. The minimum atomic E-state index is 0.0612. The molecule has 0 radical (unpaired) electrons. The molecule has 3 aromatic carbocycles. The van der Waals surface area contributed by atoms with Crippen molar-refractivity contribution < 1.29 is 9.21 Å². The maximum atomic E-state index is 12.5. The summed E-state index contributed by atoms with van der Waals surface area (Å²) in [6.45, 7) is 3.93. The lowest BCUT2D eigenvalue weighted by Crippen LogP contribution is -2.05. The molecule has 0 atom stereocenters. The average Bonchev–Trinajstić information content (AvgIpc) is 3.16. The SMILES string of the molecule is Cc1ccc(C)c(C(=O)CSc2nnc(-c3cccc4ccccc34)o2)c1. The standard InChI is InChI=1S/C22H18N2O2S/c1-14-10-11-15(2)19(12-14)20(25)13-27-22-24-23-21(26-22)18-9-5-7-16-6-3-4-8-17(16)18/h3-12H,13H2,1-2H3. The lowest BCUT2D eigenvalue weighted by molar-refractivity contribution is 0.102.